The van der Waals surface area contributed by atoms with Crippen molar-refractivity contribution in [3.8, 4) is 0 Å². The van der Waals surface area contributed by atoms with Crippen LogP contribution in [0.15, 0.2) is 0 Å². The molecular weight excluding hydrogens is 446 g/mol. The van der Waals surface area contributed by atoms with Crippen molar-refractivity contribution in [2.45, 2.75) is 57.3 Å². The first-order chi connectivity index (χ1) is 14.5. The number of carbonyl (C=O) groups is 5. The van der Waals surface area contributed by atoms with Gasteiger partial charge in [0.1, 0.15) is 18.1 Å². The second-order valence-electron chi connectivity index (χ2n) is 7.07. The molecule has 0 rings (SSSR count). The molecule has 5 unspecified atom stereocenters. The molecule has 4 amide bonds. The normalized spacial score (nSPS) is 15.6. The zero-order chi connectivity index (χ0) is 24.1. The standard InChI is InChI=1S/C18H33N5O6S2/c1-4-9(2)14(17(27)22-12(8-30)18(28)29)23-16(26)11(7-13(20)24)21-15(25)10(19)5-6-31-3/h9-12,14,30H,4-8,19H2,1-3H3,(H2,20,24)(H,21,25)(H,22,27)(H,23,26)(H,28,29). The van der Waals surface area contributed by atoms with Crippen LogP contribution in [0.1, 0.15) is 33.1 Å². The lowest BCUT2D eigenvalue weighted by molar-refractivity contribution is -0.142. The van der Waals surface area contributed by atoms with Crippen LogP contribution in [0.3, 0.4) is 0 Å². The summed E-state index contributed by atoms with van der Waals surface area (Å²) in [4.78, 5) is 60.3. The van der Waals surface area contributed by atoms with Crippen LogP contribution < -0.4 is 27.4 Å². The van der Waals surface area contributed by atoms with E-state index in [1.807, 2.05) is 6.26 Å². The fourth-order valence-corrected chi connectivity index (χ4v) is 3.20. The van der Waals surface area contributed by atoms with Crippen molar-refractivity contribution >= 4 is 54.0 Å². The SMILES string of the molecule is CCC(C)C(NC(=O)C(CC(N)=O)NC(=O)C(N)CCSC)C(=O)NC(CS)C(=O)O. The highest BCUT2D eigenvalue weighted by molar-refractivity contribution is 7.98. The van der Waals surface area contributed by atoms with Gasteiger partial charge in [-0.2, -0.15) is 24.4 Å². The number of primary amides is 1. The summed E-state index contributed by atoms with van der Waals surface area (Å²) < 4.78 is 0. The Morgan fingerprint density at radius 3 is 2.06 bits per heavy atom. The fraction of sp³-hybridized carbons (Fsp3) is 0.722. The third-order valence-corrected chi connectivity index (χ3v) is 5.61. The Kier molecular flexibility index (Phi) is 14.0. The predicted molar refractivity (Wildman–Crippen MR) is 122 cm³/mol. The summed E-state index contributed by atoms with van der Waals surface area (Å²) in [5.41, 5.74) is 11.0. The average molecular weight is 480 g/mol. The van der Waals surface area contributed by atoms with Crippen LogP contribution in [0.4, 0.5) is 0 Å². The number of amides is 4. The first-order valence-corrected chi connectivity index (χ1v) is 11.8. The molecule has 0 aromatic carbocycles. The molecule has 0 radical (unpaired) electrons. The molecule has 0 spiro atoms. The molecule has 0 aliphatic rings. The van der Waals surface area contributed by atoms with Crippen LogP contribution >= 0.6 is 24.4 Å². The number of carboxylic acid groups (broad SMARTS) is 1. The zero-order valence-electron chi connectivity index (χ0n) is 17.9. The van der Waals surface area contributed by atoms with Crippen LogP contribution in [-0.4, -0.2) is 76.6 Å². The molecular formula is C18H33N5O6S2. The van der Waals surface area contributed by atoms with Crippen LogP contribution in [0.2, 0.25) is 0 Å². The lowest BCUT2D eigenvalue weighted by Gasteiger charge is -2.27. The Labute approximate surface area is 191 Å². The Hall–Kier alpha value is -1.99. The maximum atomic E-state index is 12.8. The van der Waals surface area contributed by atoms with Gasteiger partial charge < -0.3 is 32.5 Å². The minimum absolute atomic E-state index is 0.142. The van der Waals surface area contributed by atoms with Gasteiger partial charge in [-0.15, -0.1) is 0 Å². The van der Waals surface area contributed by atoms with Gasteiger partial charge in [-0.3, -0.25) is 19.2 Å². The number of rotatable bonds is 15. The molecule has 0 aliphatic carbocycles. The monoisotopic (exact) mass is 479 g/mol. The molecule has 13 heteroatoms. The summed E-state index contributed by atoms with van der Waals surface area (Å²) in [6.45, 7) is 3.48. The number of carboxylic acids is 1. The second kappa shape index (κ2) is 14.9. The van der Waals surface area contributed by atoms with E-state index in [1.165, 1.54) is 11.8 Å². The van der Waals surface area contributed by atoms with Gasteiger partial charge in [-0.05, 0) is 24.3 Å². The molecule has 0 heterocycles. The smallest absolute Gasteiger partial charge is 0.327 e. The first-order valence-electron chi connectivity index (χ1n) is 9.75. The molecule has 0 aromatic rings. The van der Waals surface area contributed by atoms with Crippen molar-refractivity contribution in [2.75, 3.05) is 17.8 Å². The van der Waals surface area contributed by atoms with Crippen molar-refractivity contribution in [1.82, 2.24) is 16.0 Å². The van der Waals surface area contributed by atoms with Gasteiger partial charge in [0.15, 0.2) is 0 Å². The van der Waals surface area contributed by atoms with Crippen LogP contribution in [-0.2, 0) is 24.0 Å². The summed E-state index contributed by atoms with van der Waals surface area (Å²) in [6, 6.07) is -4.55. The van der Waals surface area contributed by atoms with Gasteiger partial charge >= 0.3 is 5.97 Å². The summed E-state index contributed by atoms with van der Waals surface area (Å²) in [5.74, 6) is -4.12. The maximum absolute atomic E-state index is 12.8. The molecule has 0 fully saturated rings. The van der Waals surface area contributed by atoms with Crippen LogP contribution in [0.5, 0.6) is 0 Å². The van der Waals surface area contributed by atoms with E-state index in [0.29, 0.717) is 18.6 Å². The Bertz CT molecular complexity index is 651. The third-order valence-electron chi connectivity index (χ3n) is 4.60. The maximum Gasteiger partial charge on any atom is 0.327 e. The highest BCUT2D eigenvalue weighted by Gasteiger charge is 2.33. The van der Waals surface area contributed by atoms with Crippen molar-refractivity contribution < 1.29 is 29.1 Å². The van der Waals surface area contributed by atoms with Crippen molar-refractivity contribution in [1.29, 1.82) is 0 Å². The number of hydrogen-bond donors (Lipinski definition) is 7. The van der Waals surface area contributed by atoms with E-state index in [-0.39, 0.29) is 11.7 Å². The first kappa shape index (κ1) is 29.0. The molecule has 0 saturated carbocycles. The largest absolute Gasteiger partial charge is 0.480 e. The highest BCUT2D eigenvalue weighted by Crippen LogP contribution is 2.10. The van der Waals surface area contributed by atoms with Crippen LogP contribution in [0, 0.1) is 5.92 Å². The molecule has 0 bridgehead atoms. The van der Waals surface area contributed by atoms with Gasteiger partial charge in [0.05, 0.1) is 12.5 Å². The number of hydrogen-bond acceptors (Lipinski definition) is 8. The number of thioether (sulfide) groups is 1. The van der Waals surface area contributed by atoms with Gasteiger partial charge in [0.25, 0.3) is 0 Å². The van der Waals surface area contributed by atoms with Crippen molar-refractivity contribution in [2.24, 2.45) is 17.4 Å². The van der Waals surface area contributed by atoms with Gasteiger partial charge in [0.2, 0.25) is 23.6 Å². The fourth-order valence-electron chi connectivity index (χ4n) is 2.47. The molecule has 5 atom stereocenters. The molecule has 0 aromatic heterocycles. The van der Waals surface area contributed by atoms with Gasteiger partial charge in [-0.25, -0.2) is 4.79 Å². The third kappa shape index (κ3) is 10.7. The van der Waals surface area contributed by atoms with E-state index in [0.717, 1.165) is 0 Å². The van der Waals surface area contributed by atoms with Crippen molar-refractivity contribution in [3.63, 3.8) is 0 Å². The molecule has 8 N–H and O–H groups in total. The summed E-state index contributed by atoms with van der Waals surface area (Å²) in [7, 11) is 0. The van der Waals surface area contributed by atoms with Crippen molar-refractivity contribution in [3.05, 3.63) is 0 Å². The van der Waals surface area contributed by atoms with E-state index < -0.39 is 60.2 Å². The number of nitrogens with one attached hydrogen (secondary N) is 3. The molecule has 178 valence electrons. The summed E-state index contributed by atoms with van der Waals surface area (Å²) in [6.07, 6.45) is 2.23. The average Bonchev–Trinajstić information content (AvgIpc) is 2.71. The number of carbonyl (C=O) groups excluding carboxylic acids is 4. The van der Waals surface area contributed by atoms with E-state index in [9.17, 15) is 24.0 Å². The highest BCUT2D eigenvalue weighted by atomic mass is 32.2. The summed E-state index contributed by atoms with van der Waals surface area (Å²) >= 11 is 5.40. The second-order valence-corrected chi connectivity index (χ2v) is 8.42. The molecule has 31 heavy (non-hydrogen) atoms. The van der Waals surface area contributed by atoms with E-state index in [2.05, 4.69) is 28.6 Å². The van der Waals surface area contributed by atoms with Gasteiger partial charge in [-0.1, -0.05) is 20.3 Å². The predicted octanol–water partition coefficient (Wildman–Crippen LogP) is -1.54. The van der Waals surface area contributed by atoms with E-state index in [1.54, 1.807) is 13.8 Å². The lowest BCUT2D eigenvalue weighted by Crippen LogP contribution is -2.59. The Balaban J connectivity index is 5.44. The molecule has 0 aliphatic heterocycles. The number of nitrogens with two attached hydrogens (primary N) is 2. The zero-order valence-corrected chi connectivity index (χ0v) is 19.6. The Morgan fingerprint density at radius 1 is 1.03 bits per heavy atom. The number of aliphatic carboxylic acids is 1. The topological polar surface area (TPSA) is 194 Å². The molecule has 11 nitrogen and oxygen atoms in total. The quantitative estimate of drug-likeness (QED) is 0.137. The van der Waals surface area contributed by atoms with E-state index >= 15 is 0 Å². The van der Waals surface area contributed by atoms with Gasteiger partial charge in [0, 0.05) is 5.75 Å². The minimum Gasteiger partial charge on any atom is -0.480 e. The van der Waals surface area contributed by atoms with Crippen LogP contribution in [0.25, 0.3) is 0 Å². The minimum atomic E-state index is -1.33. The molecule has 0 saturated heterocycles. The van der Waals surface area contributed by atoms with E-state index in [4.69, 9.17) is 16.6 Å². The number of thiol groups is 1. The lowest BCUT2D eigenvalue weighted by atomic mass is 9.97. The Morgan fingerprint density at radius 2 is 1.61 bits per heavy atom. The summed E-state index contributed by atoms with van der Waals surface area (Å²) in [5, 5.41) is 16.3.